The molecule has 0 aromatic carbocycles. The van der Waals surface area contributed by atoms with Gasteiger partial charge in [0.15, 0.2) is 0 Å². The molecule has 3 nitrogen and oxygen atoms in total. The molecule has 10 heavy (non-hydrogen) atoms. The lowest BCUT2D eigenvalue weighted by Gasteiger charge is -1.97. The molecule has 54 valence electrons. The fraction of sp³-hybridized carbons (Fsp3) is 0.333. The second-order valence-corrected chi connectivity index (χ2v) is 2.28. The zero-order valence-corrected chi connectivity index (χ0v) is 6.39. The summed E-state index contributed by atoms with van der Waals surface area (Å²) < 4.78 is 0. The highest BCUT2D eigenvalue weighted by atomic mass is 35.5. The van der Waals surface area contributed by atoms with Crippen LogP contribution in [-0.2, 0) is 6.42 Å². The SMILES string of the molecule is CCc1ncc(Cl)c(N)n1. The summed E-state index contributed by atoms with van der Waals surface area (Å²) in [7, 11) is 0. The van der Waals surface area contributed by atoms with Gasteiger partial charge in [-0.25, -0.2) is 9.97 Å². The van der Waals surface area contributed by atoms with Crippen molar-refractivity contribution in [2.75, 3.05) is 5.73 Å². The van der Waals surface area contributed by atoms with Crippen LogP contribution in [0.5, 0.6) is 0 Å². The van der Waals surface area contributed by atoms with Crippen LogP contribution >= 0.6 is 11.6 Å². The normalized spacial score (nSPS) is 9.80. The molecule has 2 N–H and O–H groups in total. The molecule has 1 rings (SSSR count). The highest BCUT2D eigenvalue weighted by Crippen LogP contribution is 2.13. The number of anilines is 1. The molecule has 1 heterocycles. The van der Waals surface area contributed by atoms with Gasteiger partial charge in [0.2, 0.25) is 0 Å². The van der Waals surface area contributed by atoms with Crippen LogP contribution in [0, 0.1) is 0 Å². The van der Waals surface area contributed by atoms with E-state index in [1.165, 1.54) is 6.20 Å². The van der Waals surface area contributed by atoms with Gasteiger partial charge in [-0.3, -0.25) is 0 Å². The van der Waals surface area contributed by atoms with Gasteiger partial charge in [-0.15, -0.1) is 0 Å². The smallest absolute Gasteiger partial charge is 0.145 e. The van der Waals surface area contributed by atoms with E-state index in [2.05, 4.69) is 9.97 Å². The van der Waals surface area contributed by atoms with Crippen molar-refractivity contribution in [2.45, 2.75) is 13.3 Å². The fourth-order valence-corrected chi connectivity index (χ4v) is 0.680. The predicted octanol–water partition coefficient (Wildman–Crippen LogP) is 1.27. The zero-order valence-electron chi connectivity index (χ0n) is 5.63. The van der Waals surface area contributed by atoms with E-state index in [9.17, 15) is 0 Å². The van der Waals surface area contributed by atoms with Crippen LogP contribution < -0.4 is 5.73 Å². The molecule has 0 radical (unpaired) electrons. The number of halogens is 1. The molecule has 0 saturated heterocycles. The maximum atomic E-state index is 5.59. The third-order valence-corrected chi connectivity index (χ3v) is 1.43. The van der Waals surface area contributed by atoms with Crippen molar-refractivity contribution in [3.63, 3.8) is 0 Å². The van der Waals surface area contributed by atoms with Gasteiger partial charge < -0.3 is 5.73 Å². The number of aryl methyl sites for hydroxylation is 1. The summed E-state index contributed by atoms with van der Waals surface area (Å²) in [6.07, 6.45) is 2.30. The van der Waals surface area contributed by atoms with Gasteiger partial charge in [-0.05, 0) is 0 Å². The molecule has 0 aliphatic rings. The van der Waals surface area contributed by atoms with Gasteiger partial charge in [0.25, 0.3) is 0 Å². The summed E-state index contributed by atoms with van der Waals surface area (Å²) in [5.74, 6) is 1.08. The fourth-order valence-electron chi connectivity index (χ4n) is 0.589. The maximum absolute atomic E-state index is 5.59. The Morgan fingerprint density at radius 1 is 1.70 bits per heavy atom. The van der Waals surface area contributed by atoms with Crippen molar-refractivity contribution in [1.29, 1.82) is 0 Å². The Labute approximate surface area is 64.2 Å². The quantitative estimate of drug-likeness (QED) is 0.668. The van der Waals surface area contributed by atoms with Crippen LogP contribution in [0.2, 0.25) is 5.02 Å². The van der Waals surface area contributed by atoms with Crippen LogP contribution in [-0.4, -0.2) is 9.97 Å². The first kappa shape index (κ1) is 7.28. The average Bonchev–Trinajstić information content (AvgIpc) is 1.95. The van der Waals surface area contributed by atoms with E-state index in [1.54, 1.807) is 0 Å². The molecule has 0 saturated carbocycles. The van der Waals surface area contributed by atoms with E-state index >= 15 is 0 Å². The molecule has 0 spiro atoms. The highest BCUT2D eigenvalue weighted by Gasteiger charge is 1.97. The highest BCUT2D eigenvalue weighted by molar-refractivity contribution is 6.32. The largest absolute Gasteiger partial charge is 0.382 e. The third-order valence-electron chi connectivity index (χ3n) is 1.14. The Morgan fingerprint density at radius 2 is 2.40 bits per heavy atom. The molecule has 0 bridgehead atoms. The third kappa shape index (κ3) is 1.36. The van der Waals surface area contributed by atoms with E-state index in [1.807, 2.05) is 6.92 Å². The summed E-state index contributed by atoms with van der Waals surface area (Å²) >= 11 is 5.59. The lowest BCUT2D eigenvalue weighted by atomic mass is 10.4. The van der Waals surface area contributed by atoms with Crippen molar-refractivity contribution < 1.29 is 0 Å². The van der Waals surface area contributed by atoms with Crippen LogP contribution in [0.3, 0.4) is 0 Å². The minimum Gasteiger partial charge on any atom is -0.382 e. The lowest BCUT2D eigenvalue weighted by Crippen LogP contribution is -1.97. The Kier molecular flexibility index (Phi) is 2.06. The number of nitrogen functional groups attached to an aromatic ring is 1. The van der Waals surface area contributed by atoms with Crippen molar-refractivity contribution in [2.24, 2.45) is 0 Å². The molecule has 1 aromatic rings. The van der Waals surface area contributed by atoms with Gasteiger partial charge in [0.05, 0.1) is 6.20 Å². The van der Waals surface area contributed by atoms with E-state index in [4.69, 9.17) is 17.3 Å². The van der Waals surface area contributed by atoms with Crippen molar-refractivity contribution in [3.8, 4) is 0 Å². The Hall–Kier alpha value is -0.830. The number of hydrogen-bond acceptors (Lipinski definition) is 3. The minimum absolute atomic E-state index is 0.355. The van der Waals surface area contributed by atoms with Crippen molar-refractivity contribution >= 4 is 17.4 Å². The molecule has 0 unspecified atom stereocenters. The molecule has 0 aliphatic heterocycles. The summed E-state index contributed by atoms with van der Waals surface area (Å²) in [4.78, 5) is 7.86. The number of hydrogen-bond donors (Lipinski definition) is 1. The van der Waals surface area contributed by atoms with Gasteiger partial charge in [0, 0.05) is 6.42 Å². The van der Waals surface area contributed by atoms with E-state index < -0.39 is 0 Å². The lowest BCUT2D eigenvalue weighted by molar-refractivity contribution is 0.945. The van der Waals surface area contributed by atoms with Gasteiger partial charge in [-0.2, -0.15) is 0 Å². The molecule has 0 atom stereocenters. The molecule has 0 amide bonds. The summed E-state index contributed by atoms with van der Waals surface area (Å²) in [5.41, 5.74) is 5.41. The summed E-state index contributed by atoms with van der Waals surface area (Å²) in [6, 6.07) is 0. The second kappa shape index (κ2) is 2.84. The molecule has 4 heteroatoms. The van der Waals surface area contributed by atoms with Crippen LogP contribution in [0.1, 0.15) is 12.7 Å². The Balaban J connectivity index is 3.04. The molecule has 1 aromatic heterocycles. The van der Waals surface area contributed by atoms with Crippen molar-refractivity contribution in [1.82, 2.24) is 9.97 Å². The minimum atomic E-state index is 0.355. The maximum Gasteiger partial charge on any atom is 0.145 e. The average molecular weight is 158 g/mol. The standard InChI is InChI=1S/C6H8ClN3/c1-2-5-9-3-4(7)6(8)10-5/h3H,2H2,1H3,(H2,8,9,10). The number of aromatic nitrogens is 2. The summed E-state index contributed by atoms with van der Waals surface area (Å²) in [5, 5.41) is 0.414. The second-order valence-electron chi connectivity index (χ2n) is 1.87. The predicted molar refractivity (Wildman–Crippen MR) is 40.8 cm³/mol. The number of nitrogens with zero attached hydrogens (tertiary/aromatic N) is 2. The van der Waals surface area contributed by atoms with Gasteiger partial charge in [0.1, 0.15) is 16.7 Å². The monoisotopic (exact) mass is 157 g/mol. The number of rotatable bonds is 1. The van der Waals surface area contributed by atoms with E-state index in [-0.39, 0.29) is 0 Å². The first-order valence-electron chi connectivity index (χ1n) is 3.01. The molecule has 0 fully saturated rings. The molecular formula is C6H8ClN3. The van der Waals surface area contributed by atoms with Crippen molar-refractivity contribution in [3.05, 3.63) is 17.0 Å². The molecule has 0 aliphatic carbocycles. The van der Waals surface area contributed by atoms with E-state index in [0.29, 0.717) is 10.8 Å². The zero-order chi connectivity index (χ0) is 7.56. The van der Waals surface area contributed by atoms with Gasteiger partial charge in [-0.1, -0.05) is 18.5 Å². The first-order chi connectivity index (χ1) is 4.74. The first-order valence-corrected chi connectivity index (χ1v) is 3.38. The van der Waals surface area contributed by atoms with Gasteiger partial charge >= 0.3 is 0 Å². The topological polar surface area (TPSA) is 51.8 Å². The van der Waals surface area contributed by atoms with Crippen LogP contribution in [0.4, 0.5) is 5.82 Å². The Morgan fingerprint density at radius 3 is 2.90 bits per heavy atom. The Bertz CT molecular complexity index is 236. The van der Waals surface area contributed by atoms with E-state index in [0.717, 1.165) is 12.2 Å². The number of nitrogens with two attached hydrogens (primary N) is 1. The van der Waals surface area contributed by atoms with Crippen LogP contribution in [0.15, 0.2) is 6.20 Å². The van der Waals surface area contributed by atoms with Crippen LogP contribution in [0.25, 0.3) is 0 Å². The summed E-state index contributed by atoms with van der Waals surface area (Å²) in [6.45, 7) is 1.96. The molecular weight excluding hydrogens is 150 g/mol.